The summed E-state index contributed by atoms with van der Waals surface area (Å²) in [6.07, 6.45) is 1.42. The maximum Gasteiger partial charge on any atom is 0.329 e. The summed E-state index contributed by atoms with van der Waals surface area (Å²) in [5.74, 6) is -0.883. The molecule has 0 fully saturated rings. The Hall–Kier alpha value is -2.86. The molecule has 0 aliphatic rings. The number of imidazole rings is 1. The smallest absolute Gasteiger partial charge is 0.329 e. The van der Waals surface area contributed by atoms with Gasteiger partial charge in [0.2, 0.25) is 0 Å². The van der Waals surface area contributed by atoms with Crippen molar-refractivity contribution in [3.8, 4) is 0 Å². The number of benzene rings is 2. The topological polar surface area (TPSA) is 64.2 Å². The van der Waals surface area contributed by atoms with Crippen LogP contribution in [0.1, 0.15) is 43.4 Å². The van der Waals surface area contributed by atoms with Crippen LogP contribution in [0, 0.1) is 6.92 Å². The Labute approximate surface area is 172 Å². The molecular weight excluding hydrogens is 384 g/mol. The van der Waals surface area contributed by atoms with Crippen LogP contribution in [0.3, 0.4) is 0 Å². The molecule has 0 bridgehead atoms. The van der Waals surface area contributed by atoms with Crippen molar-refractivity contribution in [3.05, 3.63) is 69.5 Å². The zero-order chi connectivity index (χ0) is 20.5. The van der Waals surface area contributed by atoms with E-state index in [-0.39, 0.29) is 18.2 Å². The molecule has 150 valence electrons. The molecule has 0 saturated heterocycles. The van der Waals surface area contributed by atoms with Gasteiger partial charge < -0.3 is 5.11 Å². The molecule has 0 saturated carbocycles. The van der Waals surface area contributed by atoms with Crippen LogP contribution in [0.5, 0.6) is 0 Å². The summed E-state index contributed by atoms with van der Waals surface area (Å²) in [5, 5.41) is 12.7. The normalized spacial score (nSPS) is 12.6. The summed E-state index contributed by atoms with van der Waals surface area (Å²) in [6.45, 7) is 4.58. The Kier molecular flexibility index (Phi) is 5.28. The number of aryl methyl sites for hydroxylation is 1. The average molecular weight is 409 g/mol. The zero-order valence-electron chi connectivity index (χ0n) is 16.6. The summed E-state index contributed by atoms with van der Waals surface area (Å²) < 4.78 is 4.69. The second-order valence-electron chi connectivity index (χ2n) is 7.48. The molecule has 0 spiro atoms. The van der Waals surface area contributed by atoms with Crippen molar-refractivity contribution in [1.82, 2.24) is 9.13 Å². The number of carbonyl (C=O) groups is 1. The fourth-order valence-corrected chi connectivity index (χ4v) is 5.25. The maximum atomic E-state index is 13.5. The van der Waals surface area contributed by atoms with Gasteiger partial charge in [-0.05, 0) is 48.1 Å². The maximum absolute atomic E-state index is 13.5. The van der Waals surface area contributed by atoms with Crippen molar-refractivity contribution < 1.29 is 9.90 Å². The van der Waals surface area contributed by atoms with Crippen LogP contribution in [-0.4, -0.2) is 20.2 Å². The molecule has 5 nitrogen and oxygen atoms in total. The van der Waals surface area contributed by atoms with E-state index in [1.54, 1.807) is 20.5 Å². The number of nitrogens with zero attached hydrogens (tertiary/aromatic N) is 2. The molecule has 6 heteroatoms. The van der Waals surface area contributed by atoms with E-state index in [1.165, 1.54) is 15.6 Å². The van der Waals surface area contributed by atoms with Crippen LogP contribution < -0.4 is 5.69 Å². The first-order valence-corrected chi connectivity index (χ1v) is 10.8. The summed E-state index contributed by atoms with van der Waals surface area (Å²) in [5.41, 5.74) is 3.83. The van der Waals surface area contributed by atoms with Crippen LogP contribution in [0.4, 0.5) is 0 Å². The monoisotopic (exact) mass is 408 g/mol. The van der Waals surface area contributed by atoms with Gasteiger partial charge in [-0.1, -0.05) is 37.6 Å². The summed E-state index contributed by atoms with van der Waals surface area (Å²) >= 11 is 1.69. The second-order valence-corrected chi connectivity index (χ2v) is 8.39. The van der Waals surface area contributed by atoms with Crippen molar-refractivity contribution >= 4 is 38.4 Å². The van der Waals surface area contributed by atoms with E-state index >= 15 is 0 Å². The van der Waals surface area contributed by atoms with Gasteiger partial charge in [0.25, 0.3) is 0 Å². The van der Waals surface area contributed by atoms with Crippen LogP contribution in [-0.2, 0) is 11.3 Å². The van der Waals surface area contributed by atoms with Gasteiger partial charge in [-0.3, -0.25) is 13.9 Å². The number of hydrogen-bond acceptors (Lipinski definition) is 3. The van der Waals surface area contributed by atoms with Crippen molar-refractivity contribution in [2.75, 3.05) is 0 Å². The van der Waals surface area contributed by atoms with E-state index in [1.807, 2.05) is 31.2 Å². The molecule has 1 atom stereocenters. The van der Waals surface area contributed by atoms with Gasteiger partial charge in [-0.25, -0.2) is 4.79 Å². The van der Waals surface area contributed by atoms with Crippen molar-refractivity contribution in [2.45, 2.75) is 45.7 Å². The van der Waals surface area contributed by atoms with Crippen LogP contribution in [0.25, 0.3) is 21.1 Å². The number of carboxylic acid groups (broad SMARTS) is 1. The summed E-state index contributed by atoms with van der Waals surface area (Å²) in [4.78, 5) is 24.9. The molecule has 1 N–H and O–H groups in total. The molecule has 4 rings (SSSR count). The average Bonchev–Trinajstić information content (AvgIpc) is 3.22. The third-order valence-electron chi connectivity index (χ3n) is 5.48. The molecule has 2 heterocycles. The first-order valence-electron chi connectivity index (χ1n) is 9.88. The Bertz CT molecular complexity index is 1250. The highest BCUT2D eigenvalue weighted by molar-refractivity contribution is 7.17. The van der Waals surface area contributed by atoms with Gasteiger partial charge in [0.1, 0.15) is 0 Å². The number of aliphatic carboxylic acids is 1. The highest BCUT2D eigenvalue weighted by Gasteiger charge is 2.22. The molecule has 2 aromatic heterocycles. The third-order valence-corrected chi connectivity index (χ3v) is 6.48. The number of thiophene rings is 1. The zero-order valence-corrected chi connectivity index (χ0v) is 17.4. The number of carboxylic acids is 1. The molecule has 2 aromatic carbocycles. The predicted octanol–water partition coefficient (Wildman–Crippen LogP) is 5.19. The Balaban J connectivity index is 1.88. The van der Waals surface area contributed by atoms with Gasteiger partial charge in [-0.15, -0.1) is 11.3 Å². The first-order chi connectivity index (χ1) is 14.0. The van der Waals surface area contributed by atoms with Gasteiger partial charge >= 0.3 is 11.7 Å². The minimum Gasteiger partial charge on any atom is -0.481 e. The highest BCUT2D eigenvalue weighted by atomic mass is 32.1. The van der Waals surface area contributed by atoms with Crippen molar-refractivity contribution in [1.29, 1.82) is 0 Å². The van der Waals surface area contributed by atoms with E-state index in [0.717, 1.165) is 23.0 Å². The van der Waals surface area contributed by atoms with E-state index in [2.05, 4.69) is 30.5 Å². The summed E-state index contributed by atoms with van der Waals surface area (Å²) in [6, 6.07) is 13.6. The molecule has 0 radical (unpaired) electrons. The first kappa shape index (κ1) is 19.5. The Morgan fingerprint density at radius 1 is 1.14 bits per heavy atom. The van der Waals surface area contributed by atoms with Crippen LogP contribution in [0.2, 0.25) is 0 Å². The molecule has 0 aliphatic heterocycles. The lowest BCUT2D eigenvalue weighted by Gasteiger charge is -2.16. The minimum absolute atomic E-state index is 0.0533. The number of aromatic nitrogens is 2. The molecule has 0 aliphatic carbocycles. The van der Waals surface area contributed by atoms with Gasteiger partial charge in [0, 0.05) is 16.1 Å². The van der Waals surface area contributed by atoms with E-state index in [9.17, 15) is 14.7 Å². The highest BCUT2D eigenvalue weighted by Crippen LogP contribution is 2.30. The standard InChI is InChI=1S/C23H24N2O3S/c1-3-7-17(12-21(26)27)25-19-10-5-4-9-18(19)24(23(25)28)13-16-14-29-20-11-6-8-15(2)22(16)20/h4-6,8-11,14,17H,3,7,12-13H2,1-2H3,(H,26,27)/t17-/m1/s1. The molecule has 29 heavy (non-hydrogen) atoms. The molecule has 0 unspecified atom stereocenters. The SMILES string of the molecule is CCC[C@H](CC(=O)O)n1c(=O)n(Cc2csc3cccc(C)c23)c2ccccc21. The third kappa shape index (κ3) is 3.49. The predicted molar refractivity (Wildman–Crippen MR) is 118 cm³/mol. The lowest BCUT2D eigenvalue weighted by molar-refractivity contribution is -0.137. The quantitative estimate of drug-likeness (QED) is 0.458. The second kappa shape index (κ2) is 7.87. The fraction of sp³-hybridized carbons (Fsp3) is 0.304. The number of fused-ring (bicyclic) bond motifs is 2. The number of para-hydroxylation sites is 2. The molecule has 0 amide bonds. The van der Waals surface area contributed by atoms with E-state index < -0.39 is 5.97 Å². The molecule has 4 aromatic rings. The number of hydrogen-bond donors (Lipinski definition) is 1. The van der Waals surface area contributed by atoms with Gasteiger partial charge in [-0.2, -0.15) is 0 Å². The van der Waals surface area contributed by atoms with E-state index in [4.69, 9.17) is 0 Å². The Morgan fingerprint density at radius 2 is 1.90 bits per heavy atom. The summed E-state index contributed by atoms with van der Waals surface area (Å²) in [7, 11) is 0. The van der Waals surface area contributed by atoms with Crippen molar-refractivity contribution in [3.63, 3.8) is 0 Å². The van der Waals surface area contributed by atoms with Crippen molar-refractivity contribution in [2.24, 2.45) is 0 Å². The minimum atomic E-state index is -0.883. The Morgan fingerprint density at radius 3 is 2.62 bits per heavy atom. The molecular formula is C23H24N2O3S. The largest absolute Gasteiger partial charge is 0.481 e. The van der Waals surface area contributed by atoms with Gasteiger partial charge in [0.15, 0.2) is 0 Å². The van der Waals surface area contributed by atoms with Crippen LogP contribution in [0.15, 0.2) is 52.6 Å². The lowest BCUT2D eigenvalue weighted by Crippen LogP contribution is -2.29. The lowest BCUT2D eigenvalue weighted by atomic mass is 10.1. The van der Waals surface area contributed by atoms with Gasteiger partial charge in [0.05, 0.1) is 24.0 Å². The number of rotatable bonds is 7. The van der Waals surface area contributed by atoms with Crippen LogP contribution >= 0.6 is 11.3 Å². The van der Waals surface area contributed by atoms with E-state index in [0.29, 0.717) is 13.0 Å². The fourth-order valence-electron chi connectivity index (χ4n) is 4.23.